The number of aryl methyl sites for hydroxylation is 1. The van der Waals surface area contributed by atoms with Gasteiger partial charge in [0.05, 0.1) is 35.3 Å². The molecule has 4 rings (SSSR count). The number of aliphatic hydroxyl groups is 1. The fourth-order valence-corrected chi connectivity index (χ4v) is 4.60. The topological polar surface area (TPSA) is 61.8 Å². The Labute approximate surface area is 182 Å². The predicted octanol–water partition coefficient (Wildman–Crippen LogP) is 5.23. The first-order chi connectivity index (χ1) is 15.0. The van der Waals surface area contributed by atoms with E-state index in [4.69, 9.17) is 0 Å². The Kier molecular flexibility index (Phi) is 5.75. The summed E-state index contributed by atoms with van der Waals surface area (Å²) in [5, 5.41) is 25.1. The molecule has 0 aliphatic heterocycles. The van der Waals surface area contributed by atoms with E-state index in [9.17, 15) is 14.8 Å². The molecule has 0 saturated heterocycles. The maximum atomic E-state index is 13.3. The summed E-state index contributed by atoms with van der Waals surface area (Å²) in [5.74, 6) is -0.275. The zero-order valence-electron chi connectivity index (χ0n) is 17.8. The Morgan fingerprint density at radius 1 is 1.23 bits per heavy atom. The van der Waals surface area contributed by atoms with Crippen molar-refractivity contribution >= 4 is 6.08 Å². The molecule has 4 nitrogen and oxygen atoms in total. The predicted molar refractivity (Wildman–Crippen MR) is 119 cm³/mol. The van der Waals surface area contributed by atoms with Gasteiger partial charge in [-0.2, -0.15) is 10.4 Å². The second-order valence-corrected chi connectivity index (χ2v) is 8.38. The van der Waals surface area contributed by atoms with Crippen molar-refractivity contribution in [2.24, 2.45) is 5.41 Å². The molecule has 0 amide bonds. The van der Waals surface area contributed by atoms with Crippen LogP contribution >= 0.6 is 0 Å². The maximum absolute atomic E-state index is 13.3. The fraction of sp³-hybridized carbons (Fsp3) is 0.308. The number of nitrogens with zero attached hydrogens (tertiary/aromatic N) is 3. The van der Waals surface area contributed by atoms with Crippen LogP contribution in [0.1, 0.15) is 49.1 Å². The van der Waals surface area contributed by atoms with E-state index in [-0.39, 0.29) is 5.82 Å². The number of nitriles is 1. The highest BCUT2D eigenvalue weighted by Gasteiger charge is 2.39. The molecule has 0 spiro atoms. The lowest BCUT2D eigenvalue weighted by Crippen LogP contribution is -2.38. The number of hydrogen-bond donors (Lipinski definition) is 1. The Bertz CT molecular complexity index is 1160. The van der Waals surface area contributed by atoms with Crippen LogP contribution in [0, 0.1) is 22.6 Å². The van der Waals surface area contributed by atoms with Crippen LogP contribution in [-0.2, 0) is 12.8 Å². The van der Waals surface area contributed by atoms with Gasteiger partial charge in [-0.05, 0) is 73.2 Å². The van der Waals surface area contributed by atoms with Crippen LogP contribution in [-0.4, -0.2) is 21.0 Å². The molecule has 1 N–H and O–H groups in total. The minimum atomic E-state index is -0.548. The van der Waals surface area contributed by atoms with E-state index in [2.05, 4.69) is 31.1 Å². The van der Waals surface area contributed by atoms with Gasteiger partial charge in [-0.1, -0.05) is 37.6 Å². The number of benzene rings is 2. The van der Waals surface area contributed by atoms with Crippen molar-refractivity contribution in [3.8, 4) is 11.8 Å². The summed E-state index contributed by atoms with van der Waals surface area (Å²) in [7, 11) is 0. The second-order valence-electron chi connectivity index (χ2n) is 8.38. The summed E-state index contributed by atoms with van der Waals surface area (Å²) in [6.45, 7) is 4.22. The number of halogens is 1. The largest absolute Gasteiger partial charge is 0.392 e. The van der Waals surface area contributed by atoms with E-state index in [0.717, 1.165) is 28.9 Å². The molecule has 158 valence electrons. The quantitative estimate of drug-likeness (QED) is 0.599. The van der Waals surface area contributed by atoms with Crippen LogP contribution in [0.5, 0.6) is 0 Å². The number of aromatic nitrogens is 2. The van der Waals surface area contributed by atoms with Gasteiger partial charge in [-0.25, -0.2) is 9.07 Å². The van der Waals surface area contributed by atoms with Crippen molar-refractivity contribution in [1.82, 2.24) is 9.78 Å². The first-order valence-corrected chi connectivity index (χ1v) is 10.7. The molecule has 2 aromatic carbocycles. The first-order valence-electron chi connectivity index (χ1n) is 10.7. The highest BCUT2D eigenvalue weighted by molar-refractivity contribution is 5.61. The Morgan fingerprint density at radius 2 is 1.97 bits per heavy atom. The van der Waals surface area contributed by atoms with Gasteiger partial charge in [0.2, 0.25) is 0 Å². The van der Waals surface area contributed by atoms with Gasteiger partial charge in [0, 0.05) is 5.41 Å². The maximum Gasteiger partial charge on any atom is 0.123 e. The van der Waals surface area contributed by atoms with E-state index in [1.807, 2.05) is 35.1 Å². The van der Waals surface area contributed by atoms with Crippen molar-refractivity contribution in [1.29, 1.82) is 5.26 Å². The second kappa shape index (κ2) is 8.49. The van der Waals surface area contributed by atoms with Crippen LogP contribution in [0.4, 0.5) is 4.39 Å². The van der Waals surface area contributed by atoms with Gasteiger partial charge in [0.15, 0.2) is 0 Å². The van der Waals surface area contributed by atoms with E-state index in [1.165, 1.54) is 17.7 Å². The van der Waals surface area contributed by atoms with Crippen molar-refractivity contribution in [3.63, 3.8) is 0 Å². The highest BCUT2D eigenvalue weighted by Crippen LogP contribution is 2.44. The van der Waals surface area contributed by atoms with Crippen molar-refractivity contribution < 1.29 is 9.50 Å². The zero-order chi connectivity index (χ0) is 22.0. The molecule has 31 heavy (non-hydrogen) atoms. The summed E-state index contributed by atoms with van der Waals surface area (Å²) in [5.41, 5.74) is 5.27. The lowest BCUT2D eigenvalue weighted by atomic mass is 9.67. The third kappa shape index (κ3) is 3.92. The van der Waals surface area contributed by atoms with E-state index >= 15 is 0 Å². The van der Waals surface area contributed by atoms with E-state index < -0.39 is 11.5 Å². The van der Waals surface area contributed by atoms with Crippen molar-refractivity contribution in [2.75, 3.05) is 0 Å². The average Bonchev–Trinajstić information content (AvgIpc) is 3.19. The Morgan fingerprint density at radius 3 is 2.68 bits per heavy atom. The molecule has 0 radical (unpaired) electrons. The van der Waals surface area contributed by atoms with Crippen LogP contribution in [0.25, 0.3) is 11.8 Å². The van der Waals surface area contributed by atoms with Crippen LogP contribution in [0.2, 0.25) is 0 Å². The molecular formula is C26H26FN3O. The highest BCUT2D eigenvalue weighted by atomic mass is 19.1. The summed E-state index contributed by atoms with van der Waals surface area (Å²) in [6, 6.07) is 16.1. The standard InChI is InChI=1S/C26H26FN3O/c1-3-21-14-24-20(17-29-30(24)23-11-9-22(27)10-12-23)15-26(21,2)25(31)13-8-18-6-4-5-7-19(18)16-28/h4-7,9-12,14,17,25,31H,3,8,13,15H2,1-2H3/t25-,26?/m0/s1. The molecule has 1 aromatic heterocycles. The Hall–Kier alpha value is -3.23. The molecular weight excluding hydrogens is 389 g/mol. The van der Waals surface area contributed by atoms with Gasteiger partial charge >= 0.3 is 0 Å². The lowest BCUT2D eigenvalue weighted by Gasteiger charge is -2.39. The van der Waals surface area contributed by atoms with Gasteiger partial charge in [0.25, 0.3) is 0 Å². The molecule has 0 saturated carbocycles. The van der Waals surface area contributed by atoms with Crippen LogP contribution < -0.4 is 0 Å². The number of aliphatic hydroxyl groups excluding tert-OH is 1. The van der Waals surface area contributed by atoms with Gasteiger partial charge < -0.3 is 5.11 Å². The average molecular weight is 416 g/mol. The zero-order valence-corrected chi connectivity index (χ0v) is 17.8. The number of fused-ring (bicyclic) bond motifs is 1. The van der Waals surface area contributed by atoms with Gasteiger partial charge in [-0.3, -0.25) is 0 Å². The molecule has 2 atom stereocenters. The van der Waals surface area contributed by atoms with Gasteiger partial charge in [0.1, 0.15) is 5.82 Å². The molecule has 1 unspecified atom stereocenters. The normalized spacial score (nSPS) is 18.7. The molecule has 5 heteroatoms. The monoisotopic (exact) mass is 415 g/mol. The fourth-order valence-electron chi connectivity index (χ4n) is 4.60. The summed E-state index contributed by atoms with van der Waals surface area (Å²) >= 11 is 0. The van der Waals surface area contributed by atoms with Crippen LogP contribution in [0.3, 0.4) is 0 Å². The smallest absolute Gasteiger partial charge is 0.123 e. The molecule has 3 aromatic rings. The summed E-state index contributed by atoms with van der Waals surface area (Å²) < 4.78 is 15.2. The molecule has 0 fully saturated rings. The number of hydrogen-bond acceptors (Lipinski definition) is 3. The SMILES string of the molecule is CCC1=Cc2c(cnn2-c2ccc(F)cc2)CC1(C)[C@@H](O)CCc1ccccc1C#N. The van der Waals surface area contributed by atoms with E-state index in [0.29, 0.717) is 24.8 Å². The number of rotatable bonds is 6. The lowest BCUT2D eigenvalue weighted by molar-refractivity contribution is 0.0531. The van der Waals surface area contributed by atoms with Gasteiger partial charge in [-0.15, -0.1) is 0 Å². The Balaban J connectivity index is 1.60. The third-order valence-corrected chi connectivity index (χ3v) is 6.50. The molecule has 1 aliphatic rings. The third-order valence-electron chi connectivity index (χ3n) is 6.50. The summed E-state index contributed by atoms with van der Waals surface area (Å²) in [6.07, 6.45) is 6.15. The van der Waals surface area contributed by atoms with Crippen molar-refractivity contribution in [3.05, 3.63) is 88.5 Å². The molecule has 0 bridgehead atoms. The van der Waals surface area contributed by atoms with E-state index in [1.54, 1.807) is 12.1 Å². The molecule has 1 heterocycles. The van der Waals surface area contributed by atoms with Crippen LogP contribution in [0.15, 0.2) is 60.3 Å². The molecule has 1 aliphatic carbocycles. The first kappa shape index (κ1) is 21.0. The van der Waals surface area contributed by atoms with Crippen molar-refractivity contribution in [2.45, 2.75) is 45.6 Å². The minimum Gasteiger partial charge on any atom is -0.392 e. The summed E-state index contributed by atoms with van der Waals surface area (Å²) in [4.78, 5) is 0. The minimum absolute atomic E-state index is 0.275.